The molecule has 11 heteroatoms. The third-order valence-corrected chi connectivity index (χ3v) is 29.6. The zero-order valence-corrected chi connectivity index (χ0v) is 62.0. The number of aryl methyl sites for hydroxylation is 2. The monoisotopic (exact) mass is 1300 g/mol. The predicted octanol–water partition coefficient (Wildman–Crippen LogP) is 18.2. The molecule has 0 aliphatic rings. The fourth-order valence-electron chi connectivity index (χ4n) is 13.4. The van der Waals surface area contributed by atoms with Gasteiger partial charge in [-0.2, -0.15) is 0 Å². The third-order valence-electron chi connectivity index (χ3n) is 18.9. The zero-order chi connectivity index (χ0) is 67.4. The van der Waals surface area contributed by atoms with Crippen LogP contribution in [0.3, 0.4) is 0 Å². The summed E-state index contributed by atoms with van der Waals surface area (Å²) >= 11 is 13.9. The van der Waals surface area contributed by atoms with E-state index in [2.05, 4.69) is 287 Å². The van der Waals surface area contributed by atoms with Crippen molar-refractivity contribution in [3.8, 4) is 0 Å². The van der Waals surface area contributed by atoms with Crippen LogP contribution in [0.2, 0.25) is 20.1 Å². The van der Waals surface area contributed by atoms with E-state index in [1.807, 2.05) is 0 Å². The maximum absolute atomic E-state index is 14.2. The average Bonchev–Trinajstić information content (AvgIpc) is 0.783. The van der Waals surface area contributed by atoms with E-state index in [0.29, 0.717) is 30.4 Å². The quantitative estimate of drug-likeness (QED) is 0.0449. The van der Waals surface area contributed by atoms with Crippen LogP contribution in [0.5, 0.6) is 0 Å². The van der Waals surface area contributed by atoms with Crippen molar-refractivity contribution in [2.45, 2.75) is 184 Å². The molecule has 1 heterocycles. The van der Waals surface area contributed by atoms with E-state index in [1.165, 1.54) is 39.6 Å². The molecular formula is C80H108Cl2N2O5Si2. The number of hydrogen-bond donors (Lipinski definition) is 1. The molecule has 7 nitrogen and oxygen atoms in total. The highest BCUT2D eigenvalue weighted by Gasteiger charge is 2.53. The minimum Gasteiger partial charge on any atom is -0.465 e. The van der Waals surface area contributed by atoms with Crippen molar-refractivity contribution in [3.05, 3.63) is 220 Å². The summed E-state index contributed by atoms with van der Waals surface area (Å²) in [7, 11) is -4.19. The van der Waals surface area contributed by atoms with E-state index in [-0.39, 0.29) is 57.3 Å². The first-order valence-corrected chi connectivity index (χ1v) is 37.5. The number of aromatic nitrogens is 1. The molecule has 91 heavy (non-hydrogen) atoms. The lowest BCUT2D eigenvalue weighted by molar-refractivity contribution is -0.120. The summed E-state index contributed by atoms with van der Waals surface area (Å²) < 4.78 is 19.8. The number of benzene rings is 6. The summed E-state index contributed by atoms with van der Waals surface area (Å²) in [5.41, 5.74) is 11.8. The minimum atomic E-state index is -2.86. The standard InChI is InChI=1S/C45H58ClNO4Si.C35H50ClNOSi/c1-32(2)40(31-51-52(44(6,7)8,38-17-13-11-14-18-38)39-19-15-12-16-20-39)45(9,35-23-21-33(41(46)27-35)25-26-43(3,4)5)29-37(48)28-36-24-22-34(30-47-36)42(49)50-10;1-26(2)31(35(9,37)28-21-20-27(32(36)24-28)22-23-33(3,4)5)25-38-39(34(6,7)8,29-16-12-10-13-17-29)30-18-14-11-15-19-30/h11-24,27,30,32,40H,25-26,28-29,31H2,1-10H3;10-21,24,26,31H,22-23,25,37H2,1-9H3/t40?,45-;31?,35-/m00/s1. The van der Waals surface area contributed by atoms with Crippen molar-refractivity contribution in [3.63, 3.8) is 0 Å². The molecular weight excluding hydrogens is 1200 g/mol. The number of Topliss-reactive ketones (excluding diaryl/α,β-unsaturated/α-hetero) is 1. The number of carbonyl (C=O) groups excluding carboxylic acids is 2. The van der Waals surface area contributed by atoms with Crippen LogP contribution in [0.1, 0.15) is 182 Å². The summed E-state index contributed by atoms with van der Waals surface area (Å²) in [6, 6.07) is 59.3. The number of pyridine rings is 1. The van der Waals surface area contributed by atoms with E-state index in [4.69, 9.17) is 42.5 Å². The maximum Gasteiger partial charge on any atom is 0.339 e. The number of esters is 1. The van der Waals surface area contributed by atoms with Gasteiger partial charge in [0, 0.05) is 64.9 Å². The van der Waals surface area contributed by atoms with E-state index >= 15 is 0 Å². The van der Waals surface area contributed by atoms with Crippen molar-refractivity contribution >= 4 is 72.3 Å². The van der Waals surface area contributed by atoms with Gasteiger partial charge in [0.15, 0.2) is 0 Å². The number of halogens is 2. The first kappa shape index (κ1) is 74.5. The highest BCUT2D eigenvalue weighted by atomic mass is 35.5. The Morgan fingerprint density at radius 3 is 1.21 bits per heavy atom. The molecule has 0 radical (unpaired) electrons. The first-order chi connectivity index (χ1) is 42.5. The summed E-state index contributed by atoms with van der Waals surface area (Å²) in [5, 5.41) is 6.29. The molecule has 0 saturated heterocycles. The number of hydrogen-bond acceptors (Lipinski definition) is 7. The Labute approximate surface area is 561 Å². The van der Waals surface area contributed by atoms with Crippen LogP contribution in [0, 0.1) is 34.5 Å². The SMILES string of the molecule is CC(C)C(CO[Si](c1ccccc1)(c1ccccc1)C(C)(C)C)[C@@](C)(N)c1ccc(CCC(C)(C)C)c(Cl)c1.COC(=O)c1ccc(CC(=O)C[C@@](C)(c2ccc(CCC(C)(C)C)c(Cl)c2)C(CO[Si](c2ccccc2)(c2ccccc2)C(C)(C)C)C(C)C)nc1. The molecule has 4 atom stereocenters. The Balaban J connectivity index is 0.000000302. The summed E-state index contributed by atoms with van der Waals surface area (Å²) in [6.07, 6.45) is 5.85. The second-order valence-electron chi connectivity index (χ2n) is 31.0. The zero-order valence-electron chi connectivity index (χ0n) is 58.5. The molecule has 1 aromatic heterocycles. The van der Waals surface area contributed by atoms with Gasteiger partial charge in [-0.05, 0) is 139 Å². The van der Waals surface area contributed by atoms with Gasteiger partial charge in [0.2, 0.25) is 0 Å². The molecule has 7 rings (SSSR count). The Bertz CT molecular complexity index is 3340. The van der Waals surface area contributed by atoms with Gasteiger partial charge in [-0.25, -0.2) is 4.79 Å². The smallest absolute Gasteiger partial charge is 0.339 e. The molecule has 2 unspecified atom stereocenters. The van der Waals surface area contributed by atoms with Gasteiger partial charge in [-0.15, -0.1) is 0 Å². The lowest BCUT2D eigenvalue weighted by atomic mass is 9.64. The molecule has 0 fully saturated rings. The van der Waals surface area contributed by atoms with Crippen molar-refractivity contribution in [1.29, 1.82) is 0 Å². The molecule has 2 N–H and O–H groups in total. The summed E-state index contributed by atoms with van der Waals surface area (Å²) in [5.74, 6) is 0.150. The Morgan fingerprint density at radius 1 is 0.505 bits per heavy atom. The molecule has 7 aromatic rings. The van der Waals surface area contributed by atoms with Gasteiger partial charge < -0.3 is 19.3 Å². The maximum atomic E-state index is 14.2. The second kappa shape index (κ2) is 31.2. The number of ketones is 1. The fraction of sp³-hybridized carbons (Fsp3) is 0.463. The van der Waals surface area contributed by atoms with Gasteiger partial charge in [-0.1, -0.05) is 286 Å². The lowest BCUT2D eigenvalue weighted by Crippen LogP contribution is -2.67. The van der Waals surface area contributed by atoms with Crippen LogP contribution in [0.15, 0.2) is 176 Å². The third kappa shape index (κ3) is 18.7. The number of nitrogens with two attached hydrogens (primary N) is 1. The molecule has 490 valence electrons. The first-order valence-electron chi connectivity index (χ1n) is 32.9. The Kier molecular flexibility index (Phi) is 25.5. The highest BCUT2D eigenvalue weighted by Crippen LogP contribution is 2.46. The van der Waals surface area contributed by atoms with Crippen molar-refractivity contribution in [1.82, 2.24) is 4.98 Å². The Hall–Kier alpha value is -5.50. The normalized spacial score (nSPS) is 14.6. The summed E-state index contributed by atoms with van der Waals surface area (Å²) in [6.45, 7) is 41.7. The van der Waals surface area contributed by atoms with Gasteiger partial charge in [0.05, 0.1) is 12.7 Å². The molecule has 0 amide bonds. The Morgan fingerprint density at radius 2 is 0.879 bits per heavy atom. The van der Waals surface area contributed by atoms with Crippen LogP contribution in [0.25, 0.3) is 0 Å². The second-order valence-corrected chi connectivity index (χ2v) is 40.4. The van der Waals surface area contributed by atoms with E-state index in [9.17, 15) is 9.59 Å². The van der Waals surface area contributed by atoms with Crippen LogP contribution >= 0.6 is 23.2 Å². The van der Waals surface area contributed by atoms with Gasteiger partial charge in [0.1, 0.15) is 5.78 Å². The molecule has 0 spiro atoms. The van der Waals surface area contributed by atoms with Crippen LogP contribution in [-0.4, -0.2) is 53.7 Å². The predicted molar refractivity (Wildman–Crippen MR) is 390 cm³/mol. The van der Waals surface area contributed by atoms with E-state index < -0.39 is 33.6 Å². The lowest BCUT2D eigenvalue weighted by Gasteiger charge is -2.47. The number of ether oxygens (including phenoxy) is 1. The molecule has 0 saturated carbocycles. The number of carbonyl (C=O) groups is 2. The van der Waals surface area contributed by atoms with E-state index in [0.717, 1.165) is 52.4 Å². The van der Waals surface area contributed by atoms with Crippen LogP contribution in [-0.2, 0) is 48.6 Å². The van der Waals surface area contributed by atoms with Crippen molar-refractivity contribution < 1.29 is 23.2 Å². The molecule has 0 aliphatic carbocycles. The van der Waals surface area contributed by atoms with Crippen molar-refractivity contribution in [2.75, 3.05) is 20.3 Å². The summed E-state index contributed by atoms with van der Waals surface area (Å²) in [4.78, 5) is 30.6. The van der Waals surface area contributed by atoms with Crippen LogP contribution < -0.4 is 26.5 Å². The minimum absolute atomic E-state index is 0.0377. The largest absolute Gasteiger partial charge is 0.465 e. The van der Waals surface area contributed by atoms with Gasteiger partial charge in [0.25, 0.3) is 16.6 Å². The van der Waals surface area contributed by atoms with Crippen LogP contribution in [0.4, 0.5) is 0 Å². The van der Waals surface area contributed by atoms with Crippen molar-refractivity contribution in [2.24, 2.45) is 40.2 Å². The number of methoxy groups -OCH3 is 1. The number of rotatable bonds is 25. The van der Waals surface area contributed by atoms with Gasteiger partial charge >= 0.3 is 5.97 Å². The topological polar surface area (TPSA) is 101 Å². The average molecular weight is 1300 g/mol. The molecule has 0 bridgehead atoms. The highest BCUT2D eigenvalue weighted by molar-refractivity contribution is 7.00. The number of nitrogens with zero attached hydrogens (tertiary/aromatic N) is 1. The van der Waals surface area contributed by atoms with Gasteiger partial charge in [-0.3, -0.25) is 9.78 Å². The fourth-order valence-corrected chi connectivity index (χ4v) is 23.2. The molecule has 6 aromatic carbocycles. The molecule has 0 aliphatic heterocycles. The van der Waals surface area contributed by atoms with E-state index in [1.54, 1.807) is 12.1 Å².